The lowest BCUT2D eigenvalue weighted by Gasteiger charge is -2.07. The summed E-state index contributed by atoms with van der Waals surface area (Å²) in [6, 6.07) is 13.0. The van der Waals surface area contributed by atoms with E-state index >= 15 is 0 Å². The fourth-order valence-electron chi connectivity index (χ4n) is 2.22. The molecule has 2 aromatic carbocycles. The van der Waals surface area contributed by atoms with Crippen molar-refractivity contribution in [1.29, 1.82) is 0 Å². The van der Waals surface area contributed by atoms with Gasteiger partial charge in [-0.05, 0) is 29.8 Å². The molecule has 0 amide bonds. The van der Waals surface area contributed by atoms with Crippen molar-refractivity contribution in [2.75, 3.05) is 14.2 Å². The van der Waals surface area contributed by atoms with Crippen LogP contribution in [0.15, 0.2) is 47.0 Å². The first-order chi connectivity index (χ1) is 11.2. The Morgan fingerprint density at radius 1 is 1.04 bits per heavy atom. The first-order valence-electron chi connectivity index (χ1n) is 6.99. The molecule has 0 aliphatic heterocycles. The fraction of sp³-hybridized carbons (Fsp3) is 0.176. The predicted molar refractivity (Wildman–Crippen MR) is 87.1 cm³/mol. The Labute approximate surface area is 138 Å². The van der Waals surface area contributed by atoms with E-state index in [1.165, 1.54) is 0 Å². The highest BCUT2D eigenvalue weighted by Crippen LogP contribution is 2.31. The summed E-state index contributed by atoms with van der Waals surface area (Å²) in [6.45, 7) is 0. The summed E-state index contributed by atoms with van der Waals surface area (Å²) in [6.07, 6.45) is 0.510. The van der Waals surface area contributed by atoms with Crippen molar-refractivity contribution in [2.24, 2.45) is 0 Å². The summed E-state index contributed by atoms with van der Waals surface area (Å²) in [4.78, 5) is 4.42. The van der Waals surface area contributed by atoms with Crippen molar-refractivity contribution in [3.05, 3.63) is 58.9 Å². The standard InChI is InChI=1S/C17H15ClN2O3/c1-21-14-8-7-12(9-15(14)22-2)17-19-16(20-23-17)10-11-5-3-4-6-13(11)18/h3-9H,10H2,1-2H3. The van der Waals surface area contributed by atoms with E-state index in [4.69, 9.17) is 25.6 Å². The van der Waals surface area contributed by atoms with Gasteiger partial charge in [-0.15, -0.1) is 0 Å². The molecule has 1 aromatic heterocycles. The van der Waals surface area contributed by atoms with E-state index in [1.807, 2.05) is 30.3 Å². The number of rotatable bonds is 5. The van der Waals surface area contributed by atoms with Crippen LogP contribution < -0.4 is 9.47 Å². The third-order valence-corrected chi connectivity index (χ3v) is 3.77. The molecule has 118 valence electrons. The molecule has 0 fully saturated rings. The van der Waals surface area contributed by atoms with Crippen molar-refractivity contribution in [3.63, 3.8) is 0 Å². The maximum absolute atomic E-state index is 6.15. The van der Waals surface area contributed by atoms with Gasteiger partial charge in [0.05, 0.1) is 14.2 Å². The molecule has 0 aliphatic rings. The molecule has 23 heavy (non-hydrogen) atoms. The van der Waals surface area contributed by atoms with Gasteiger partial charge in [-0.25, -0.2) is 0 Å². The van der Waals surface area contributed by atoms with Crippen LogP contribution in [0.25, 0.3) is 11.5 Å². The van der Waals surface area contributed by atoms with Crippen molar-refractivity contribution < 1.29 is 14.0 Å². The highest BCUT2D eigenvalue weighted by atomic mass is 35.5. The van der Waals surface area contributed by atoms with Gasteiger partial charge in [0.1, 0.15) is 0 Å². The lowest BCUT2D eigenvalue weighted by Crippen LogP contribution is -1.92. The van der Waals surface area contributed by atoms with Gasteiger partial charge in [0.25, 0.3) is 5.89 Å². The number of hydrogen-bond acceptors (Lipinski definition) is 5. The van der Waals surface area contributed by atoms with Gasteiger partial charge >= 0.3 is 0 Å². The number of benzene rings is 2. The molecule has 0 saturated heterocycles. The van der Waals surface area contributed by atoms with Gasteiger partial charge in [-0.2, -0.15) is 4.98 Å². The molecular weight excluding hydrogens is 316 g/mol. The third kappa shape index (κ3) is 3.29. The summed E-state index contributed by atoms with van der Waals surface area (Å²) in [5.74, 6) is 2.25. The second kappa shape index (κ2) is 6.71. The van der Waals surface area contributed by atoms with E-state index in [0.717, 1.165) is 11.1 Å². The van der Waals surface area contributed by atoms with Gasteiger partial charge in [0.15, 0.2) is 17.3 Å². The minimum absolute atomic E-state index is 0.424. The lowest BCUT2D eigenvalue weighted by atomic mass is 10.1. The third-order valence-electron chi connectivity index (χ3n) is 3.40. The second-order valence-electron chi connectivity index (χ2n) is 4.85. The largest absolute Gasteiger partial charge is 0.493 e. The van der Waals surface area contributed by atoms with Gasteiger partial charge in [0, 0.05) is 17.0 Å². The van der Waals surface area contributed by atoms with Crippen LogP contribution in [0.4, 0.5) is 0 Å². The summed E-state index contributed by atoms with van der Waals surface area (Å²) >= 11 is 6.15. The molecule has 0 unspecified atom stereocenters. The quantitative estimate of drug-likeness (QED) is 0.707. The summed E-state index contributed by atoms with van der Waals surface area (Å²) in [7, 11) is 3.17. The van der Waals surface area contributed by atoms with Crippen LogP contribution in [-0.4, -0.2) is 24.4 Å². The fourth-order valence-corrected chi connectivity index (χ4v) is 2.43. The Bertz CT molecular complexity index is 817. The van der Waals surface area contributed by atoms with Crippen LogP contribution in [0.3, 0.4) is 0 Å². The Kier molecular flexibility index (Phi) is 4.48. The first-order valence-corrected chi connectivity index (χ1v) is 7.37. The SMILES string of the molecule is COc1ccc(-c2nc(Cc3ccccc3Cl)no2)cc1OC. The smallest absolute Gasteiger partial charge is 0.258 e. The molecule has 0 N–H and O–H groups in total. The average molecular weight is 331 g/mol. The minimum atomic E-state index is 0.424. The van der Waals surface area contributed by atoms with Crippen LogP contribution in [0.2, 0.25) is 5.02 Å². The molecule has 0 saturated carbocycles. The van der Waals surface area contributed by atoms with Gasteiger partial charge < -0.3 is 14.0 Å². The molecule has 6 heteroatoms. The maximum atomic E-state index is 6.15. The Morgan fingerprint density at radius 2 is 1.83 bits per heavy atom. The summed E-state index contributed by atoms with van der Waals surface area (Å²) in [5, 5.41) is 4.70. The topological polar surface area (TPSA) is 57.4 Å². The Balaban J connectivity index is 1.86. The number of halogens is 1. The Morgan fingerprint density at radius 3 is 2.57 bits per heavy atom. The van der Waals surface area contributed by atoms with Crippen LogP contribution in [0.5, 0.6) is 11.5 Å². The monoisotopic (exact) mass is 330 g/mol. The van der Waals surface area contributed by atoms with Gasteiger partial charge in [-0.3, -0.25) is 0 Å². The van der Waals surface area contributed by atoms with E-state index in [0.29, 0.717) is 34.7 Å². The zero-order chi connectivity index (χ0) is 16.2. The van der Waals surface area contributed by atoms with E-state index in [1.54, 1.807) is 26.4 Å². The number of nitrogens with zero attached hydrogens (tertiary/aromatic N) is 2. The molecular formula is C17H15ClN2O3. The van der Waals surface area contributed by atoms with Gasteiger partial charge in [-0.1, -0.05) is 35.0 Å². The number of ether oxygens (including phenoxy) is 2. The normalized spacial score (nSPS) is 10.6. The molecule has 0 atom stereocenters. The summed E-state index contributed by atoms with van der Waals surface area (Å²) in [5.41, 5.74) is 1.72. The molecule has 3 rings (SSSR count). The minimum Gasteiger partial charge on any atom is -0.493 e. The predicted octanol–water partition coefficient (Wildman–Crippen LogP) is 4.00. The Hall–Kier alpha value is -2.53. The number of hydrogen-bond donors (Lipinski definition) is 0. The van der Waals surface area contributed by atoms with Crippen LogP contribution in [0.1, 0.15) is 11.4 Å². The van der Waals surface area contributed by atoms with E-state index < -0.39 is 0 Å². The number of aromatic nitrogens is 2. The van der Waals surface area contributed by atoms with Crippen molar-refractivity contribution >= 4 is 11.6 Å². The van der Waals surface area contributed by atoms with Crippen molar-refractivity contribution in [2.45, 2.75) is 6.42 Å². The zero-order valence-corrected chi connectivity index (χ0v) is 13.5. The van der Waals surface area contributed by atoms with E-state index in [2.05, 4.69) is 10.1 Å². The van der Waals surface area contributed by atoms with Crippen LogP contribution in [0, 0.1) is 0 Å². The number of methoxy groups -OCH3 is 2. The lowest BCUT2D eigenvalue weighted by molar-refractivity contribution is 0.355. The molecule has 1 heterocycles. The highest BCUT2D eigenvalue weighted by molar-refractivity contribution is 6.31. The van der Waals surface area contributed by atoms with Crippen LogP contribution in [-0.2, 0) is 6.42 Å². The molecule has 0 spiro atoms. The summed E-state index contributed by atoms with van der Waals surface area (Å²) < 4.78 is 15.8. The van der Waals surface area contributed by atoms with Gasteiger partial charge in [0.2, 0.25) is 0 Å². The zero-order valence-electron chi connectivity index (χ0n) is 12.7. The first kappa shape index (κ1) is 15.4. The van der Waals surface area contributed by atoms with Crippen LogP contribution >= 0.6 is 11.6 Å². The molecule has 0 bridgehead atoms. The van der Waals surface area contributed by atoms with E-state index in [-0.39, 0.29) is 0 Å². The molecule has 0 aliphatic carbocycles. The van der Waals surface area contributed by atoms with Crippen molar-refractivity contribution in [3.8, 4) is 23.0 Å². The molecule has 5 nitrogen and oxygen atoms in total. The molecule has 0 radical (unpaired) electrons. The maximum Gasteiger partial charge on any atom is 0.258 e. The van der Waals surface area contributed by atoms with E-state index in [9.17, 15) is 0 Å². The average Bonchev–Trinajstić information content (AvgIpc) is 3.05. The molecule has 3 aromatic rings. The highest BCUT2D eigenvalue weighted by Gasteiger charge is 2.13. The second-order valence-corrected chi connectivity index (χ2v) is 5.26. The van der Waals surface area contributed by atoms with Crippen molar-refractivity contribution in [1.82, 2.24) is 10.1 Å².